The predicted molar refractivity (Wildman–Crippen MR) is 67.1 cm³/mol. The maximum atomic E-state index is 13.6. The standard InChI is InChI=1S/C14H22FN/c1-4-12(10-16-9-11(2)3)13-7-5-6-8-14(13)15/h5-8,11-12,16H,4,9-10H2,1-3H3. The van der Waals surface area contributed by atoms with Gasteiger partial charge < -0.3 is 5.32 Å². The summed E-state index contributed by atoms with van der Waals surface area (Å²) in [5, 5.41) is 3.39. The highest BCUT2D eigenvalue weighted by Crippen LogP contribution is 2.21. The maximum Gasteiger partial charge on any atom is 0.126 e. The molecular formula is C14H22FN. The van der Waals surface area contributed by atoms with Gasteiger partial charge in [-0.05, 0) is 36.4 Å². The molecule has 0 saturated carbocycles. The van der Waals surface area contributed by atoms with Crippen LogP contribution in [0.5, 0.6) is 0 Å². The molecule has 0 heterocycles. The molecular weight excluding hydrogens is 201 g/mol. The second-order valence-corrected chi connectivity index (χ2v) is 4.68. The first-order valence-corrected chi connectivity index (χ1v) is 6.10. The predicted octanol–water partition coefficient (Wildman–Crippen LogP) is 3.56. The van der Waals surface area contributed by atoms with Gasteiger partial charge in [-0.3, -0.25) is 0 Å². The summed E-state index contributed by atoms with van der Waals surface area (Å²) in [6.45, 7) is 8.31. The Balaban J connectivity index is 2.57. The van der Waals surface area contributed by atoms with Gasteiger partial charge in [-0.1, -0.05) is 39.0 Å². The van der Waals surface area contributed by atoms with Gasteiger partial charge in [-0.25, -0.2) is 4.39 Å². The second kappa shape index (κ2) is 6.64. The minimum atomic E-state index is -0.0827. The molecule has 1 nitrogen and oxygen atoms in total. The van der Waals surface area contributed by atoms with Crippen LogP contribution in [0, 0.1) is 11.7 Å². The van der Waals surface area contributed by atoms with Gasteiger partial charge in [0.2, 0.25) is 0 Å². The molecule has 90 valence electrons. The lowest BCUT2D eigenvalue weighted by Crippen LogP contribution is -2.25. The summed E-state index contributed by atoms with van der Waals surface area (Å²) in [6.07, 6.45) is 0.964. The largest absolute Gasteiger partial charge is 0.316 e. The van der Waals surface area contributed by atoms with E-state index in [-0.39, 0.29) is 11.7 Å². The van der Waals surface area contributed by atoms with Crippen molar-refractivity contribution in [1.82, 2.24) is 5.32 Å². The summed E-state index contributed by atoms with van der Waals surface area (Å²) in [5.74, 6) is 0.832. The molecule has 0 aliphatic heterocycles. The molecule has 0 amide bonds. The highest BCUT2D eigenvalue weighted by Gasteiger charge is 2.12. The Bertz CT molecular complexity index is 309. The fourth-order valence-electron chi connectivity index (χ4n) is 1.83. The first-order chi connectivity index (χ1) is 7.65. The summed E-state index contributed by atoms with van der Waals surface area (Å²) in [4.78, 5) is 0. The minimum Gasteiger partial charge on any atom is -0.316 e. The average Bonchev–Trinajstić information content (AvgIpc) is 2.25. The fourth-order valence-corrected chi connectivity index (χ4v) is 1.83. The molecule has 1 aromatic rings. The Labute approximate surface area is 98.1 Å². The molecule has 0 bridgehead atoms. The molecule has 1 rings (SSSR count). The minimum absolute atomic E-state index is 0.0827. The van der Waals surface area contributed by atoms with Crippen LogP contribution in [-0.2, 0) is 0 Å². The summed E-state index contributed by atoms with van der Waals surface area (Å²) in [7, 11) is 0. The van der Waals surface area contributed by atoms with E-state index >= 15 is 0 Å². The van der Waals surface area contributed by atoms with Crippen molar-refractivity contribution in [2.24, 2.45) is 5.92 Å². The van der Waals surface area contributed by atoms with E-state index in [1.165, 1.54) is 0 Å². The van der Waals surface area contributed by atoms with E-state index in [2.05, 4.69) is 26.1 Å². The molecule has 0 radical (unpaired) electrons. The van der Waals surface area contributed by atoms with Crippen molar-refractivity contribution in [2.75, 3.05) is 13.1 Å². The second-order valence-electron chi connectivity index (χ2n) is 4.68. The van der Waals surface area contributed by atoms with Crippen LogP contribution in [0.4, 0.5) is 4.39 Å². The zero-order chi connectivity index (χ0) is 12.0. The summed E-state index contributed by atoms with van der Waals surface area (Å²) >= 11 is 0. The van der Waals surface area contributed by atoms with Crippen molar-refractivity contribution < 1.29 is 4.39 Å². The van der Waals surface area contributed by atoms with Gasteiger partial charge in [0.15, 0.2) is 0 Å². The third-order valence-corrected chi connectivity index (χ3v) is 2.78. The van der Waals surface area contributed by atoms with Crippen molar-refractivity contribution >= 4 is 0 Å². The van der Waals surface area contributed by atoms with Crippen LogP contribution in [0.3, 0.4) is 0 Å². The summed E-state index contributed by atoms with van der Waals surface area (Å²) in [5.41, 5.74) is 0.834. The van der Waals surface area contributed by atoms with Gasteiger partial charge in [0.1, 0.15) is 5.82 Å². The Morgan fingerprint density at radius 2 is 1.88 bits per heavy atom. The van der Waals surface area contributed by atoms with E-state index < -0.39 is 0 Å². The lowest BCUT2D eigenvalue weighted by Gasteiger charge is -2.17. The van der Waals surface area contributed by atoms with Gasteiger partial charge >= 0.3 is 0 Å². The first kappa shape index (κ1) is 13.2. The quantitative estimate of drug-likeness (QED) is 0.777. The van der Waals surface area contributed by atoms with Crippen molar-refractivity contribution in [3.63, 3.8) is 0 Å². The normalized spacial score (nSPS) is 13.1. The number of halogens is 1. The van der Waals surface area contributed by atoms with E-state index in [0.717, 1.165) is 25.1 Å². The van der Waals surface area contributed by atoms with Gasteiger partial charge in [0, 0.05) is 6.54 Å². The average molecular weight is 223 g/mol. The molecule has 1 aromatic carbocycles. The van der Waals surface area contributed by atoms with Crippen molar-refractivity contribution in [2.45, 2.75) is 33.1 Å². The molecule has 0 aliphatic rings. The number of hydrogen-bond acceptors (Lipinski definition) is 1. The Morgan fingerprint density at radius 1 is 1.19 bits per heavy atom. The Kier molecular flexibility index (Phi) is 5.47. The van der Waals surface area contributed by atoms with Crippen molar-refractivity contribution in [3.05, 3.63) is 35.6 Å². The highest BCUT2D eigenvalue weighted by atomic mass is 19.1. The lowest BCUT2D eigenvalue weighted by molar-refractivity contribution is 0.494. The zero-order valence-corrected chi connectivity index (χ0v) is 10.5. The number of nitrogens with one attached hydrogen (secondary N) is 1. The number of hydrogen-bond donors (Lipinski definition) is 1. The molecule has 1 unspecified atom stereocenters. The van der Waals surface area contributed by atoms with Crippen LogP contribution >= 0.6 is 0 Å². The van der Waals surface area contributed by atoms with Crippen LogP contribution in [0.1, 0.15) is 38.7 Å². The van der Waals surface area contributed by atoms with Crippen molar-refractivity contribution in [3.8, 4) is 0 Å². The van der Waals surface area contributed by atoms with Gasteiger partial charge in [-0.15, -0.1) is 0 Å². The molecule has 0 saturated heterocycles. The lowest BCUT2D eigenvalue weighted by atomic mass is 9.96. The number of rotatable bonds is 6. The van der Waals surface area contributed by atoms with Crippen LogP contribution in [0.25, 0.3) is 0 Å². The zero-order valence-electron chi connectivity index (χ0n) is 10.5. The molecule has 2 heteroatoms. The van der Waals surface area contributed by atoms with Gasteiger partial charge in [0.05, 0.1) is 0 Å². The van der Waals surface area contributed by atoms with Crippen LogP contribution in [0.15, 0.2) is 24.3 Å². The third-order valence-electron chi connectivity index (χ3n) is 2.78. The molecule has 0 spiro atoms. The highest BCUT2D eigenvalue weighted by molar-refractivity contribution is 5.21. The van der Waals surface area contributed by atoms with E-state index in [4.69, 9.17) is 0 Å². The SMILES string of the molecule is CCC(CNCC(C)C)c1ccccc1F. The van der Waals surface area contributed by atoms with E-state index in [1.54, 1.807) is 12.1 Å². The molecule has 0 aliphatic carbocycles. The molecule has 1 N–H and O–H groups in total. The fraction of sp³-hybridized carbons (Fsp3) is 0.571. The van der Waals surface area contributed by atoms with Gasteiger partial charge in [0.25, 0.3) is 0 Å². The first-order valence-electron chi connectivity index (χ1n) is 6.10. The molecule has 0 aromatic heterocycles. The van der Waals surface area contributed by atoms with Crippen LogP contribution in [0.2, 0.25) is 0 Å². The van der Waals surface area contributed by atoms with Crippen LogP contribution < -0.4 is 5.32 Å². The monoisotopic (exact) mass is 223 g/mol. The van der Waals surface area contributed by atoms with E-state index in [0.29, 0.717) is 5.92 Å². The number of benzene rings is 1. The Hall–Kier alpha value is -0.890. The van der Waals surface area contributed by atoms with E-state index in [9.17, 15) is 4.39 Å². The van der Waals surface area contributed by atoms with Crippen molar-refractivity contribution in [1.29, 1.82) is 0 Å². The summed E-state index contributed by atoms with van der Waals surface area (Å²) < 4.78 is 13.6. The van der Waals surface area contributed by atoms with Gasteiger partial charge in [-0.2, -0.15) is 0 Å². The summed E-state index contributed by atoms with van der Waals surface area (Å²) in [6, 6.07) is 7.08. The third kappa shape index (κ3) is 3.93. The Morgan fingerprint density at radius 3 is 2.44 bits per heavy atom. The van der Waals surface area contributed by atoms with Crippen LogP contribution in [-0.4, -0.2) is 13.1 Å². The molecule has 16 heavy (non-hydrogen) atoms. The van der Waals surface area contributed by atoms with E-state index in [1.807, 2.05) is 12.1 Å². The molecule has 0 fully saturated rings. The maximum absolute atomic E-state index is 13.6. The topological polar surface area (TPSA) is 12.0 Å². The molecule has 1 atom stereocenters. The smallest absolute Gasteiger partial charge is 0.126 e.